The Balaban J connectivity index is 0.00000176. The van der Waals surface area contributed by atoms with Crippen LogP contribution >= 0.6 is 23.7 Å². The molecule has 0 amide bonds. The third kappa shape index (κ3) is 4.06. The van der Waals surface area contributed by atoms with Crippen LogP contribution in [0.3, 0.4) is 0 Å². The maximum Gasteiger partial charge on any atom is 0.274 e. The van der Waals surface area contributed by atoms with Crippen molar-refractivity contribution in [2.45, 2.75) is 19.3 Å². The molecule has 0 bridgehead atoms. The molecule has 1 N–H and O–H groups in total. The van der Waals surface area contributed by atoms with Gasteiger partial charge >= 0.3 is 0 Å². The van der Waals surface area contributed by atoms with Crippen molar-refractivity contribution < 1.29 is 9.66 Å². The van der Waals surface area contributed by atoms with E-state index in [4.69, 9.17) is 4.74 Å². The van der Waals surface area contributed by atoms with Crippen LogP contribution in [0.4, 0.5) is 5.69 Å². The van der Waals surface area contributed by atoms with Crippen LogP contribution in [0.5, 0.6) is 5.19 Å². The molecule has 8 heteroatoms. The Morgan fingerprint density at radius 3 is 3.09 bits per heavy atom. The van der Waals surface area contributed by atoms with E-state index in [1.807, 2.05) is 0 Å². The molecule has 1 aromatic carbocycles. The summed E-state index contributed by atoms with van der Waals surface area (Å²) >= 11 is 1.43. The topological polar surface area (TPSA) is 77.3 Å². The molecule has 1 aliphatic heterocycles. The molecule has 0 radical (unpaired) electrons. The second-order valence-corrected chi connectivity index (χ2v) is 6.23. The minimum Gasteiger partial charge on any atom is -0.470 e. The summed E-state index contributed by atoms with van der Waals surface area (Å²) in [6.07, 6.45) is 3.50. The summed E-state index contributed by atoms with van der Waals surface area (Å²) in [5.41, 5.74) is 0.691. The highest BCUT2D eigenvalue weighted by molar-refractivity contribution is 7.20. The first-order valence-corrected chi connectivity index (χ1v) is 7.92. The summed E-state index contributed by atoms with van der Waals surface area (Å²) in [6.45, 7) is 2.83. The lowest BCUT2D eigenvalue weighted by Crippen LogP contribution is -2.30. The van der Waals surface area contributed by atoms with Crippen molar-refractivity contribution in [1.82, 2.24) is 10.3 Å². The maximum atomic E-state index is 10.7. The van der Waals surface area contributed by atoms with Gasteiger partial charge < -0.3 is 10.1 Å². The van der Waals surface area contributed by atoms with E-state index in [2.05, 4.69) is 10.3 Å². The number of hydrogen-bond donors (Lipinski definition) is 1. The molecule has 1 atom stereocenters. The predicted molar refractivity (Wildman–Crippen MR) is 89.2 cm³/mol. The predicted octanol–water partition coefficient (Wildman–Crippen LogP) is 3.39. The lowest BCUT2D eigenvalue weighted by atomic mass is 9.97. The van der Waals surface area contributed by atoms with Crippen molar-refractivity contribution in [2.75, 3.05) is 19.7 Å². The molecule has 1 fully saturated rings. The summed E-state index contributed by atoms with van der Waals surface area (Å²) in [6, 6.07) is 4.71. The molecule has 1 aromatic heterocycles. The fourth-order valence-electron chi connectivity index (χ4n) is 2.55. The summed E-state index contributed by atoms with van der Waals surface area (Å²) in [5.74, 6) is 0.675. The molecular weight excluding hydrogens is 326 g/mol. The molecule has 120 valence electrons. The zero-order chi connectivity index (χ0) is 14.7. The van der Waals surface area contributed by atoms with Gasteiger partial charge in [-0.2, -0.15) is 0 Å². The van der Waals surface area contributed by atoms with E-state index in [1.54, 1.807) is 6.07 Å². The minimum absolute atomic E-state index is 0. The Morgan fingerprint density at radius 2 is 2.36 bits per heavy atom. The van der Waals surface area contributed by atoms with E-state index >= 15 is 0 Å². The molecule has 1 unspecified atom stereocenters. The zero-order valence-corrected chi connectivity index (χ0v) is 13.6. The number of non-ortho nitro benzene ring substituents is 1. The van der Waals surface area contributed by atoms with Gasteiger partial charge in [-0.3, -0.25) is 10.1 Å². The van der Waals surface area contributed by atoms with Crippen LogP contribution < -0.4 is 10.1 Å². The third-order valence-corrected chi connectivity index (χ3v) is 4.66. The van der Waals surface area contributed by atoms with Crippen LogP contribution in [-0.4, -0.2) is 29.6 Å². The van der Waals surface area contributed by atoms with Crippen molar-refractivity contribution >= 4 is 39.6 Å². The number of rotatable bonds is 5. The molecule has 1 aliphatic rings. The van der Waals surface area contributed by atoms with E-state index in [-0.39, 0.29) is 18.1 Å². The van der Waals surface area contributed by atoms with Crippen LogP contribution in [0, 0.1) is 16.0 Å². The number of thiazole rings is 1. The number of nitrogens with zero attached hydrogens (tertiary/aromatic N) is 2. The molecular formula is C14H18ClN3O3S. The highest BCUT2D eigenvalue weighted by Crippen LogP contribution is 2.30. The summed E-state index contributed by atoms with van der Waals surface area (Å²) in [7, 11) is 0. The zero-order valence-electron chi connectivity index (χ0n) is 12.0. The number of halogens is 1. The number of nitro benzene ring substituents is 1. The average Bonchev–Trinajstić information content (AvgIpc) is 2.90. The second kappa shape index (κ2) is 7.71. The number of piperidine rings is 1. The molecule has 0 saturated carbocycles. The first-order valence-electron chi connectivity index (χ1n) is 7.11. The van der Waals surface area contributed by atoms with E-state index in [9.17, 15) is 10.1 Å². The van der Waals surface area contributed by atoms with Crippen LogP contribution in [0.25, 0.3) is 10.2 Å². The van der Waals surface area contributed by atoms with Gasteiger partial charge in [-0.15, -0.1) is 12.4 Å². The Bertz CT molecular complexity index is 643. The number of benzene rings is 1. The number of ether oxygens (including phenoxy) is 1. The second-order valence-electron chi connectivity index (χ2n) is 5.24. The van der Waals surface area contributed by atoms with Crippen molar-refractivity contribution in [1.29, 1.82) is 0 Å². The van der Waals surface area contributed by atoms with E-state index in [0.29, 0.717) is 23.2 Å². The van der Waals surface area contributed by atoms with Gasteiger partial charge in [-0.25, -0.2) is 4.98 Å². The highest BCUT2D eigenvalue weighted by Gasteiger charge is 2.14. The fourth-order valence-corrected chi connectivity index (χ4v) is 3.37. The molecule has 3 rings (SSSR count). The molecule has 0 spiro atoms. The SMILES string of the molecule is Cl.O=[N+]([O-])c1ccc2sc(OCCC3CCCNC3)nc2c1. The standard InChI is InChI=1S/C14H17N3O3S.ClH/c18-17(19)11-3-4-13-12(8-11)16-14(21-13)20-7-5-10-2-1-6-15-9-10;/h3-4,8,10,15H,1-2,5-7,9H2;1H. The lowest BCUT2D eigenvalue weighted by Gasteiger charge is -2.22. The molecule has 2 aromatic rings. The molecule has 22 heavy (non-hydrogen) atoms. The monoisotopic (exact) mass is 343 g/mol. The fraction of sp³-hybridized carbons (Fsp3) is 0.500. The van der Waals surface area contributed by atoms with E-state index in [1.165, 1.54) is 36.3 Å². The van der Waals surface area contributed by atoms with Gasteiger partial charge in [0, 0.05) is 12.1 Å². The van der Waals surface area contributed by atoms with Gasteiger partial charge in [-0.1, -0.05) is 11.3 Å². The van der Waals surface area contributed by atoms with E-state index in [0.717, 1.165) is 24.2 Å². The largest absolute Gasteiger partial charge is 0.470 e. The van der Waals surface area contributed by atoms with Gasteiger partial charge in [0.25, 0.3) is 10.9 Å². The number of fused-ring (bicyclic) bond motifs is 1. The number of nitrogens with one attached hydrogen (secondary N) is 1. The average molecular weight is 344 g/mol. The Hall–Kier alpha value is -1.44. The van der Waals surface area contributed by atoms with Gasteiger partial charge in [0.15, 0.2) is 0 Å². The first-order chi connectivity index (χ1) is 10.2. The van der Waals surface area contributed by atoms with Gasteiger partial charge in [0.05, 0.1) is 21.7 Å². The molecule has 1 saturated heterocycles. The quantitative estimate of drug-likeness (QED) is 0.665. The summed E-state index contributed by atoms with van der Waals surface area (Å²) < 4.78 is 6.62. The molecule has 0 aliphatic carbocycles. The normalized spacial score (nSPS) is 17.9. The van der Waals surface area contributed by atoms with Crippen molar-refractivity contribution in [3.05, 3.63) is 28.3 Å². The number of hydrogen-bond acceptors (Lipinski definition) is 6. The number of nitro groups is 1. The summed E-state index contributed by atoms with van der Waals surface area (Å²) in [4.78, 5) is 14.6. The third-order valence-electron chi connectivity index (χ3n) is 3.71. The van der Waals surface area contributed by atoms with Crippen LogP contribution in [0.15, 0.2) is 18.2 Å². The Kier molecular flexibility index (Phi) is 5.93. The van der Waals surface area contributed by atoms with Crippen LogP contribution in [0.2, 0.25) is 0 Å². The van der Waals surface area contributed by atoms with Crippen LogP contribution in [0.1, 0.15) is 19.3 Å². The molecule has 6 nitrogen and oxygen atoms in total. The number of aromatic nitrogens is 1. The minimum atomic E-state index is -0.407. The van der Waals surface area contributed by atoms with Crippen molar-refractivity contribution in [3.63, 3.8) is 0 Å². The summed E-state index contributed by atoms with van der Waals surface area (Å²) in [5, 5.41) is 14.7. The van der Waals surface area contributed by atoms with Crippen LogP contribution in [-0.2, 0) is 0 Å². The van der Waals surface area contributed by atoms with E-state index < -0.39 is 4.92 Å². The first kappa shape index (κ1) is 16.9. The maximum absolute atomic E-state index is 10.7. The van der Waals surface area contributed by atoms with Gasteiger partial charge in [0.1, 0.15) is 0 Å². The van der Waals surface area contributed by atoms with Gasteiger partial charge in [-0.05, 0) is 44.3 Å². The Morgan fingerprint density at radius 1 is 1.50 bits per heavy atom. The Labute approximate surface area is 138 Å². The van der Waals surface area contributed by atoms with Gasteiger partial charge in [0.2, 0.25) is 0 Å². The highest BCUT2D eigenvalue weighted by atomic mass is 35.5. The lowest BCUT2D eigenvalue weighted by molar-refractivity contribution is -0.384. The smallest absolute Gasteiger partial charge is 0.274 e. The molecule has 2 heterocycles. The van der Waals surface area contributed by atoms with Crippen molar-refractivity contribution in [2.24, 2.45) is 5.92 Å². The van der Waals surface area contributed by atoms with Crippen molar-refractivity contribution in [3.8, 4) is 5.19 Å².